The topological polar surface area (TPSA) is 79.7 Å². The Bertz CT molecular complexity index is 1640. The number of ketones is 1. The zero-order valence-corrected chi connectivity index (χ0v) is 27.9. The first-order chi connectivity index (χ1) is 22.8. The van der Waals surface area contributed by atoms with Crippen LogP contribution in [0.15, 0.2) is 84.0 Å². The Morgan fingerprint density at radius 1 is 0.957 bits per heavy atom. The van der Waals surface area contributed by atoms with E-state index in [1.165, 1.54) is 18.2 Å². The number of carbonyl (C=O) groups excluding carboxylic acids is 1. The summed E-state index contributed by atoms with van der Waals surface area (Å²) >= 11 is 0. The van der Waals surface area contributed by atoms with Gasteiger partial charge in [0.15, 0.2) is 5.78 Å². The highest BCUT2D eigenvalue weighted by Gasteiger charge is 2.14. The van der Waals surface area contributed by atoms with E-state index in [0.717, 1.165) is 60.5 Å². The van der Waals surface area contributed by atoms with Gasteiger partial charge in [0.25, 0.3) is 0 Å². The Morgan fingerprint density at radius 3 is 2.40 bits per heavy atom. The first kappa shape index (κ1) is 35.7. The van der Waals surface area contributed by atoms with Crippen molar-refractivity contribution in [3.05, 3.63) is 102 Å². The molecule has 10 heteroatoms. The summed E-state index contributed by atoms with van der Waals surface area (Å²) in [4.78, 5) is 17.9. The highest BCUT2D eigenvalue weighted by atomic mass is 32.2. The van der Waals surface area contributed by atoms with Crippen molar-refractivity contribution in [3.63, 3.8) is 0 Å². The number of carbonyl (C=O) groups is 1. The van der Waals surface area contributed by atoms with E-state index in [0.29, 0.717) is 35.2 Å². The molecule has 47 heavy (non-hydrogen) atoms. The van der Waals surface area contributed by atoms with Gasteiger partial charge in [-0.2, -0.15) is 8.78 Å². The van der Waals surface area contributed by atoms with Crippen molar-refractivity contribution < 1.29 is 32.0 Å². The fourth-order valence-corrected chi connectivity index (χ4v) is 6.14. The summed E-state index contributed by atoms with van der Waals surface area (Å²) in [7, 11) is -1.26. The lowest BCUT2D eigenvalue weighted by Crippen LogP contribution is -2.07. The first-order valence-corrected chi connectivity index (χ1v) is 17.2. The molecule has 0 aliphatic carbocycles. The predicted octanol–water partition coefficient (Wildman–Crippen LogP) is 8.20. The fourth-order valence-electron chi connectivity index (χ4n) is 4.91. The van der Waals surface area contributed by atoms with Crippen LogP contribution < -0.4 is 9.47 Å². The molecule has 0 spiro atoms. The van der Waals surface area contributed by atoms with Crippen LogP contribution in [0.25, 0.3) is 17.2 Å². The van der Waals surface area contributed by atoms with E-state index in [2.05, 4.69) is 18.8 Å². The van der Waals surface area contributed by atoms with Crippen LogP contribution in [0.2, 0.25) is 0 Å². The lowest BCUT2D eigenvalue weighted by molar-refractivity contribution is -0.113. The SMILES string of the molecule is CCCCOCCOc1ccc(-c2ccc(OC(F)F)c(/C=C/C(=O)Cc3ccc([S@@](=O)Cc4c(C)ncn4CCC)cc3)c2)cc1. The quantitative estimate of drug-likeness (QED) is 0.0743. The molecule has 0 saturated carbocycles. The number of benzene rings is 3. The van der Waals surface area contributed by atoms with Gasteiger partial charge in [-0.05, 0) is 85.0 Å². The summed E-state index contributed by atoms with van der Waals surface area (Å²) in [5.74, 6) is 0.816. The van der Waals surface area contributed by atoms with Crippen molar-refractivity contribution >= 4 is 22.7 Å². The van der Waals surface area contributed by atoms with Crippen LogP contribution in [0.4, 0.5) is 8.78 Å². The van der Waals surface area contributed by atoms with Crippen LogP contribution in [-0.2, 0) is 39.0 Å². The third-order valence-electron chi connectivity index (χ3n) is 7.45. The number of rotatable bonds is 19. The molecule has 0 aliphatic heterocycles. The summed E-state index contributed by atoms with van der Waals surface area (Å²) in [5, 5.41) is 0. The first-order valence-electron chi connectivity index (χ1n) is 15.9. The van der Waals surface area contributed by atoms with Gasteiger partial charge >= 0.3 is 6.61 Å². The molecule has 0 radical (unpaired) electrons. The maximum absolute atomic E-state index is 13.2. The number of halogens is 2. The molecule has 0 amide bonds. The minimum absolute atomic E-state index is 0.0295. The Kier molecular flexibility index (Phi) is 13.9. The van der Waals surface area contributed by atoms with Crippen LogP contribution in [0.5, 0.6) is 11.5 Å². The maximum Gasteiger partial charge on any atom is 0.387 e. The number of allylic oxidation sites excluding steroid dienone is 1. The van der Waals surface area contributed by atoms with Crippen molar-refractivity contribution in [1.82, 2.24) is 9.55 Å². The van der Waals surface area contributed by atoms with Gasteiger partial charge in [0, 0.05) is 30.0 Å². The minimum Gasteiger partial charge on any atom is -0.491 e. The zero-order chi connectivity index (χ0) is 33.6. The van der Waals surface area contributed by atoms with E-state index in [1.54, 1.807) is 42.7 Å². The van der Waals surface area contributed by atoms with E-state index >= 15 is 0 Å². The van der Waals surface area contributed by atoms with Gasteiger partial charge in [-0.15, -0.1) is 0 Å². The van der Waals surface area contributed by atoms with Gasteiger partial charge in [-0.25, -0.2) is 4.98 Å². The monoisotopic (exact) mass is 664 g/mol. The number of alkyl halides is 2. The molecule has 0 N–H and O–H groups in total. The number of nitrogens with zero attached hydrogens (tertiary/aromatic N) is 2. The molecule has 3 aromatic carbocycles. The molecule has 1 heterocycles. The predicted molar refractivity (Wildman–Crippen MR) is 181 cm³/mol. The molecule has 1 aromatic heterocycles. The number of hydrogen-bond acceptors (Lipinski definition) is 6. The molecule has 7 nitrogen and oxygen atoms in total. The third-order valence-corrected chi connectivity index (χ3v) is 8.79. The summed E-state index contributed by atoms with van der Waals surface area (Å²) in [5.41, 5.74) is 4.55. The van der Waals surface area contributed by atoms with Gasteiger partial charge in [0.1, 0.15) is 18.1 Å². The van der Waals surface area contributed by atoms with Crippen molar-refractivity contribution in [3.8, 4) is 22.6 Å². The van der Waals surface area contributed by atoms with E-state index in [4.69, 9.17) is 14.2 Å². The highest BCUT2D eigenvalue weighted by Crippen LogP contribution is 2.30. The van der Waals surface area contributed by atoms with E-state index in [9.17, 15) is 17.8 Å². The van der Waals surface area contributed by atoms with Gasteiger partial charge in [-0.1, -0.05) is 50.6 Å². The average Bonchev–Trinajstić information content (AvgIpc) is 3.40. The van der Waals surface area contributed by atoms with Crippen LogP contribution >= 0.6 is 0 Å². The summed E-state index contributed by atoms with van der Waals surface area (Å²) in [6.07, 6.45) is 7.80. The minimum atomic E-state index is -3.01. The lowest BCUT2D eigenvalue weighted by atomic mass is 10.0. The Balaban J connectivity index is 1.39. The fraction of sp³-hybridized carbons (Fsp3) is 0.351. The average molecular weight is 665 g/mol. The second-order valence-electron chi connectivity index (χ2n) is 11.1. The molecule has 4 aromatic rings. The summed E-state index contributed by atoms with van der Waals surface area (Å²) in [6, 6.07) is 19.4. The molecule has 0 unspecified atom stereocenters. The lowest BCUT2D eigenvalue weighted by Gasteiger charge is -2.11. The third kappa shape index (κ3) is 11.0. The van der Waals surface area contributed by atoms with E-state index in [-0.39, 0.29) is 18.0 Å². The van der Waals surface area contributed by atoms with Crippen molar-refractivity contribution in [2.24, 2.45) is 0 Å². The Morgan fingerprint density at radius 2 is 1.70 bits per heavy atom. The standard InChI is InChI=1S/C37H42F2N2O5S/c1-4-6-20-44-21-22-45-33-14-10-29(11-15-33)30-12-18-36(46-37(38)39)31(24-30)9-13-32(42)23-28-7-16-34(17-8-28)47(43)25-35-27(3)40-26-41(35)19-5-2/h7-18,24,26,37H,4-6,19-23,25H2,1-3H3/b13-9+/t47-/m0/s1. The molecule has 0 bridgehead atoms. The van der Waals surface area contributed by atoms with E-state index < -0.39 is 17.4 Å². The molecule has 0 fully saturated rings. The van der Waals surface area contributed by atoms with Crippen LogP contribution in [0.3, 0.4) is 0 Å². The highest BCUT2D eigenvalue weighted by molar-refractivity contribution is 7.84. The number of imidazole rings is 1. The van der Waals surface area contributed by atoms with E-state index in [1.807, 2.05) is 35.8 Å². The van der Waals surface area contributed by atoms with Crippen LogP contribution in [-0.4, -0.2) is 46.0 Å². The summed E-state index contributed by atoms with van der Waals surface area (Å²) < 4.78 is 57.4. The van der Waals surface area contributed by atoms with Gasteiger partial charge < -0.3 is 18.8 Å². The van der Waals surface area contributed by atoms with Gasteiger partial charge in [-0.3, -0.25) is 9.00 Å². The molecule has 0 saturated heterocycles. The normalized spacial score (nSPS) is 12.1. The van der Waals surface area contributed by atoms with Gasteiger partial charge in [0.2, 0.25) is 0 Å². The molecule has 4 rings (SSSR count). The van der Waals surface area contributed by atoms with Crippen LogP contribution in [0, 0.1) is 6.92 Å². The molecular formula is C37H42F2N2O5S. The number of aryl methyl sites for hydroxylation is 2. The number of unbranched alkanes of at least 4 members (excludes halogenated alkanes) is 1. The number of ether oxygens (including phenoxy) is 3. The second kappa shape index (κ2) is 18.3. The number of hydrogen-bond donors (Lipinski definition) is 0. The Hall–Kier alpha value is -4.15. The van der Waals surface area contributed by atoms with Crippen molar-refractivity contribution in [2.45, 2.75) is 70.3 Å². The second-order valence-corrected chi connectivity index (χ2v) is 12.5. The molecule has 250 valence electrons. The maximum atomic E-state index is 13.2. The smallest absolute Gasteiger partial charge is 0.387 e. The largest absolute Gasteiger partial charge is 0.491 e. The Labute approximate surface area is 278 Å². The van der Waals surface area contributed by atoms with Crippen molar-refractivity contribution in [2.75, 3.05) is 19.8 Å². The van der Waals surface area contributed by atoms with Crippen molar-refractivity contribution in [1.29, 1.82) is 0 Å². The molecule has 1 atom stereocenters. The number of aromatic nitrogens is 2. The summed E-state index contributed by atoms with van der Waals surface area (Å²) in [6.45, 7) is 5.61. The van der Waals surface area contributed by atoms with Crippen LogP contribution in [0.1, 0.15) is 55.6 Å². The van der Waals surface area contributed by atoms with Gasteiger partial charge in [0.05, 0.1) is 40.9 Å². The zero-order valence-electron chi connectivity index (χ0n) is 27.1. The molecular weight excluding hydrogens is 622 g/mol. The molecule has 0 aliphatic rings.